The number of nitrogens with one attached hydrogen (secondary N) is 2. The van der Waals surface area contributed by atoms with Crippen LogP contribution in [0.15, 0.2) is 36.4 Å². The minimum Gasteiger partial charge on any atom is -0.444 e. The largest absolute Gasteiger partial charge is 0.444 e. The van der Waals surface area contributed by atoms with E-state index in [0.717, 1.165) is 29.5 Å². The zero-order valence-corrected chi connectivity index (χ0v) is 24.4. The summed E-state index contributed by atoms with van der Waals surface area (Å²) >= 11 is 6.43. The van der Waals surface area contributed by atoms with E-state index < -0.39 is 23.8 Å². The molecule has 2 atom stereocenters. The molecule has 38 heavy (non-hydrogen) atoms. The van der Waals surface area contributed by atoms with Crippen molar-refractivity contribution in [2.75, 3.05) is 5.32 Å². The van der Waals surface area contributed by atoms with E-state index in [1.807, 2.05) is 65.0 Å². The molecule has 206 valence electrons. The summed E-state index contributed by atoms with van der Waals surface area (Å²) in [6.45, 7) is 14.9. The number of amides is 3. The van der Waals surface area contributed by atoms with Crippen LogP contribution in [0.3, 0.4) is 0 Å². The van der Waals surface area contributed by atoms with Crippen molar-refractivity contribution in [1.29, 1.82) is 0 Å². The number of alkyl carbamates (subject to hydrolysis) is 1. The first kappa shape index (κ1) is 29.5. The fraction of sp³-hybridized carbons (Fsp3) is 0.500. The molecule has 1 fully saturated rings. The van der Waals surface area contributed by atoms with Crippen LogP contribution in [0.25, 0.3) is 0 Å². The van der Waals surface area contributed by atoms with E-state index in [0.29, 0.717) is 16.3 Å². The van der Waals surface area contributed by atoms with Gasteiger partial charge in [-0.2, -0.15) is 0 Å². The Kier molecular flexibility index (Phi) is 9.13. The van der Waals surface area contributed by atoms with Crippen LogP contribution in [0.2, 0.25) is 5.02 Å². The summed E-state index contributed by atoms with van der Waals surface area (Å²) in [7, 11) is 0. The molecule has 1 aliphatic carbocycles. The van der Waals surface area contributed by atoms with E-state index in [4.69, 9.17) is 16.3 Å². The Labute approximate surface area is 231 Å². The molecule has 8 heteroatoms. The van der Waals surface area contributed by atoms with Gasteiger partial charge in [-0.05, 0) is 88.6 Å². The summed E-state index contributed by atoms with van der Waals surface area (Å²) < 4.78 is 5.44. The van der Waals surface area contributed by atoms with Gasteiger partial charge in [0.05, 0.1) is 10.7 Å². The van der Waals surface area contributed by atoms with E-state index in [-0.39, 0.29) is 23.8 Å². The molecule has 3 rings (SSSR count). The smallest absolute Gasteiger partial charge is 0.408 e. The van der Waals surface area contributed by atoms with Crippen LogP contribution in [0.5, 0.6) is 0 Å². The monoisotopic (exact) mass is 541 g/mol. The zero-order valence-electron chi connectivity index (χ0n) is 23.6. The number of anilines is 1. The summed E-state index contributed by atoms with van der Waals surface area (Å²) in [5.74, 6) is -0.905. The number of nitrogens with zero attached hydrogens (tertiary/aromatic N) is 1. The van der Waals surface area contributed by atoms with Gasteiger partial charge in [-0.3, -0.25) is 9.59 Å². The van der Waals surface area contributed by atoms with Crippen molar-refractivity contribution in [3.8, 4) is 0 Å². The Morgan fingerprint density at radius 3 is 2.18 bits per heavy atom. The summed E-state index contributed by atoms with van der Waals surface area (Å²) in [6.07, 6.45) is 0.894. The highest BCUT2D eigenvalue weighted by Crippen LogP contribution is 2.38. The van der Waals surface area contributed by atoms with Crippen molar-refractivity contribution in [3.05, 3.63) is 63.7 Å². The fourth-order valence-electron chi connectivity index (χ4n) is 4.33. The number of hydrogen-bond acceptors (Lipinski definition) is 4. The molecule has 0 spiro atoms. The SMILES string of the molecule is Cc1ccc(C(C(=O)Nc2c(C)cccc2Cl)N(C(=O)C(NC(=O)OC(C)(C)C)C(C)C)C2CC2)cc1C. The molecule has 0 aromatic heterocycles. The summed E-state index contributed by atoms with van der Waals surface area (Å²) in [5, 5.41) is 6.18. The third kappa shape index (κ3) is 7.28. The highest BCUT2D eigenvalue weighted by Gasteiger charge is 2.45. The fourth-order valence-corrected chi connectivity index (χ4v) is 4.60. The number of para-hydroxylation sites is 1. The third-order valence-electron chi connectivity index (χ3n) is 6.64. The van der Waals surface area contributed by atoms with Crippen molar-refractivity contribution in [2.24, 2.45) is 5.92 Å². The van der Waals surface area contributed by atoms with Gasteiger partial charge in [0.15, 0.2) is 0 Å². The van der Waals surface area contributed by atoms with Crippen LogP contribution in [-0.2, 0) is 14.3 Å². The van der Waals surface area contributed by atoms with Gasteiger partial charge in [0.1, 0.15) is 17.7 Å². The van der Waals surface area contributed by atoms with Crippen LogP contribution in [0, 0.1) is 26.7 Å². The average Bonchev–Trinajstić information content (AvgIpc) is 3.63. The van der Waals surface area contributed by atoms with Gasteiger partial charge in [-0.1, -0.05) is 55.8 Å². The van der Waals surface area contributed by atoms with Crippen LogP contribution in [-0.4, -0.2) is 40.5 Å². The average molecular weight is 542 g/mol. The lowest BCUT2D eigenvalue weighted by atomic mass is 9.96. The van der Waals surface area contributed by atoms with Gasteiger partial charge < -0.3 is 20.3 Å². The highest BCUT2D eigenvalue weighted by molar-refractivity contribution is 6.34. The topological polar surface area (TPSA) is 87.7 Å². The van der Waals surface area contributed by atoms with Crippen molar-refractivity contribution in [2.45, 2.75) is 92.0 Å². The van der Waals surface area contributed by atoms with E-state index in [1.165, 1.54) is 0 Å². The number of benzene rings is 2. The molecule has 3 amide bonds. The first-order valence-corrected chi connectivity index (χ1v) is 13.5. The second kappa shape index (κ2) is 11.8. The second-order valence-electron chi connectivity index (χ2n) is 11.5. The van der Waals surface area contributed by atoms with Crippen LogP contribution >= 0.6 is 11.6 Å². The predicted octanol–water partition coefficient (Wildman–Crippen LogP) is 6.49. The molecular weight excluding hydrogens is 502 g/mol. The first-order chi connectivity index (χ1) is 17.7. The normalized spacial score (nSPS) is 15.0. The Bertz CT molecular complexity index is 1180. The van der Waals surface area contributed by atoms with Gasteiger partial charge in [-0.15, -0.1) is 0 Å². The molecule has 2 aromatic rings. The van der Waals surface area contributed by atoms with Gasteiger partial charge in [0.25, 0.3) is 5.91 Å². The molecule has 1 saturated carbocycles. The molecule has 0 aliphatic heterocycles. The van der Waals surface area contributed by atoms with Crippen molar-refractivity contribution in [1.82, 2.24) is 10.2 Å². The molecule has 0 heterocycles. The highest BCUT2D eigenvalue weighted by atomic mass is 35.5. The maximum Gasteiger partial charge on any atom is 0.408 e. The predicted molar refractivity (Wildman–Crippen MR) is 151 cm³/mol. The lowest BCUT2D eigenvalue weighted by Crippen LogP contribution is -2.55. The van der Waals surface area contributed by atoms with Gasteiger partial charge in [-0.25, -0.2) is 4.79 Å². The number of ether oxygens (including phenoxy) is 1. The molecule has 2 N–H and O–H groups in total. The first-order valence-electron chi connectivity index (χ1n) is 13.1. The number of halogens is 1. The van der Waals surface area contributed by atoms with Crippen LogP contribution < -0.4 is 10.6 Å². The quantitative estimate of drug-likeness (QED) is 0.400. The van der Waals surface area contributed by atoms with Crippen molar-refractivity contribution in [3.63, 3.8) is 0 Å². The Morgan fingerprint density at radius 1 is 1.00 bits per heavy atom. The molecule has 2 aromatic carbocycles. The van der Waals surface area contributed by atoms with Crippen molar-refractivity contribution >= 4 is 35.2 Å². The van der Waals surface area contributed by atoms with Crippen LogP contribution in [0.1, 0.15) is 75.8 Å². The van der Waals surface area contributed by atoms with Crippen molar-refractivity contribution < 1.29 is 19.1 Å². The minimum atomic E-state index is -0.911. The maximum atomic E-state index is 14.2. The van der Waals surface area contributed by atoms with Crippen LogP contribution in [0.4, 0.5) is 10.5 Å². The minimum absolute atomic E-state index is 0.117. The van der Waals surface area contributed by atoms with Gasteiger partial charge in [0, 0.05) is 6.04 Å². The van der Waals surface area contributed by atoms with E-state index >= 15 is 0 Å². The zero-order chi connectivity index (χ0) is 28.4. The maximum absolute atomic E-state index is 14.2. The van der Waals surface area contributed by atoms with E-state index in [1.54, 1.807) is 31.7 Å². The standard InChI is InChI=1S/C30H40ClN3O4/c1-17(2)24(33-29(37)38-30(6,7)8)28(36)34(22-14-15-22)26(21-13-12-18(3)20(5)16-21)27(35)32-25-19(4)10-9-11-23(25)31/h9-13,16-17,22,24,26H,14-15H2,1-8H3,(H,32,35)(H,33,37). The lowest BCUT2D eigenvalue weighted by Gasteiger charge is -2.36. The Morgan fingerprint density at radius 2 is 1.66 bits per heavy atom. The lowest BCUT2D eigenvalue weighted by molar-refractivity contribution is -0.142. The summed E-state index contributed by atoms with van der Waals surface area (Å²) in [6, 6.07) is 9.32. The second-order valence-corrected chi connectivity index (χ2v) is 11.9. The molecule has 2 unspecified atom stereocenters. The number of carbonyl (C=O) groups is 3. The molecule has 0 radical (unpaired) electrons. The number of carbonyl (C=O) groups excluding carboxylic acids is 3. The third-order valence-corrected chi connectivity index (χ3v) is 6.96. The summed E-state index contributed by atoms with van der Waals surface area (Å²) in [5.41, 5.74) is 3.44. The molecular formula is C30H40ClN3O4. The number of aryl methyl sites for hydroxylation is 3. The molecule has 1 aliphatic rings. The Hall–Kier alpha value is -3.06. The molecule has 0 bridgehead atoms. The van der Waals surface area contributed by atoms with Gasteiger partial charge in [0.2, 0.25) is 5.91 Å². The molecule has 7 nitrogen and oxygen atoms in total. The Balaban J connectivity index is 2.04. The van der Waals surface area contributed by atoms with E-state index in [2.05, 4.69) is 10.6 Å². The number of hydrogen-bond donors (Lipinski definition) is 2. The molecule has 0 saturated heterocycles. The summed E-state index contributed by atoms with van der Waals surface area (Å²) in [4.78, 5) is 42.5. The number of rotatable bonds is 8. The van der Waals surface area contributed by atoms with Gasteiger partial charge >= 0.3 is 6.09 Å². The van der Waals surface area contributed by atoms with E-state index in [9.17, 15) is 14.4 Å².